The van der Waals surface area contributed by atoms with Crippen LogP contribution in [-0.2, 0) is 9.59 Å². The van der Waals surface area contributed by atoms with Gasteiger partial charge in [0.05, 0.1) is 18.0 Å². The summed E-state index contributed by atoms with van der Waals surface area (Å²) in [7, 11) is 0. The van der Waals surface area contributed by atoms with Gasteiger partial charge in [-0.25, -0.2) is 0 Å². The summed E-state index contributed by atoms with van der Waals surface area (Å²) in [5, 5.41) is 15.3. The fraction of sp³-hybridized carbons (Fsp3) is 0.846. The minimum absolute atomic E-state index is 0.0532. The first-order valence-corrected chi connectivity index (χ1v) is 7.01. The third kappa shape index (κ3) is 3.45. The molecule has 2 aliphatic heterocycles. The van der Waals surface area contributed by atoms with Crippen LogP contribution >= 0.6 is 0 Å². The molecule has 2 rings (SSSR count). The lowest BCUT2D eigenvalue weighted by molar-refractivity contribution is -0.141. The van der Waals surface area contributed by atoms with E-state index >= 15 is 0 Å². The van der Waals surface area contributed by atoms with Gasteiger partial charge in [-0.1, -0.05) is 0 Å². The monoisotopic (exact) mass is 269 g/mol. The highest BCUT2D eigenvalue weighted by Gasteiger charge is 2.41. The zero-order valence-electron chi connectivity index (χ0n) is 11.4. The van der Waals surface area contributed by atoms with Crippen LogP contribution in [0.3, 0.4) is 0 Å². The molecule has 0 radical (unpaired) electrons. The lowest BCUT2D eigenvalue weighted by atomic mass is 9.87. The van der Waals surface area contributed by atoms with Crippen molar-refractivity contribution in [2.45, 2.75) is 44.2 Å². The molecule has 6 heteroatoms. The summed E-state index contributed by atoms with van der Waals surface area (Å²) in [6, 6.07) is -0.320. The molecule has 0 bridgehead atoms. The maximum atomic E-state index is 12.3. The molecule has 0 aromatic rings. The van der Waals surface area contributed by atoms with Crippen LogP contribution in [0, 0.1) is 0 Å². The molecule has 2 aliphatic rings. The average molecular weight is 269 g/mol. The highest BCUT2D eigenvalue weighted by Crippen LogP contribution is 2.18. The van der Waals surface area contributed by atoms with Crippen molar-refractivity contribution in [1.29, 1.82) is 0 Å². The minimum Gasteiger partial charge on any atom is -0.481 e. The largest absolute Gasteiger partial charge is 0.481 e. The Balaban J connectivity index is 1.89. The molecule has 6 nitrogen and oxygen atoms in total. The van der Waals surface area contributed by atoms with Crippen LogP contribution < -0.4 is 10.6 Å². The van der Waals surface area contributed by atoms with Gasteiger partial charge in [-0.05, 0) is 26.2 Å². The van der Waals surface area contributed by atoms with Crippen LogP contribution in [0.15, 0.2) is 0 Å². The first-order valence-electron chi connectivity index (χ1n) is 7.01. The van der Waals surface area contributed by atoms with Crippen molar-refractivity contribution in [3.8, 4) is 0 Å². The standard InChI is InChI=1S/C13H23N3O3/c1-10(12(19)16-5-3-2-4-6-16)15-13(7-11(17)18)8-14-9-13/h10,14-15H,2-9H2,1H3,(H,17,18). The van der Waals surface area contributed by atoms with Crippen molar-refractivity contribution in [3.05, 3.63) is 0 Å². The Bertz CT molecular complexity index is 349. The highest BCUT2D eigenvalue weighted by atomic mass is 16.4. The molecule has 0 saturated carbocycles. The fourth-order valence-electron chi connectivity index (χ4n) is 2.90. The third-order valence-electron chi connectivity index (χ3n) is 3.98. The molecule has 1 atom stereocenters. The molecule has 108 valence electrons. The average Bonchev–Trinajstić information content (AvgIpc) is 2.35. The van der Waals surface area contributed by atoms with E-state index in [1.54, 1.807) is 0 Å². The fourth-order valence-corrected chi connectivity index (χ4v) is 2.90. The molecule has 1 unspecified atom stereocenters. The van der Waals surface area contributed by atoms with Gasteiger partial charge in [-0.3, -0.25) is 14.9 Å². The van der Waals surface area contributed by atoms with Gasteiger partial charge in [-0.2, -0.15) is 0 Å². The van der Waals surface area contributed by atoms with E-state index in [0.717, 1.165) is 25.9 Å². The number of piperidine rings is 1. The van der Waals surface area contributed by atoms with Gasteiger partial charge in [0.1, 0.15) is 0 Å². The molecule has 2 fully saturated rings. The molecule has 2 saturated heterocycles. The van der Waals surface area contributed by atoms with Crippen LogP contribution in [0.5, 0.6) is 0 Å². The van der Waals surface area contributed by atoms with Crippen molar-refractivity contribution < 1.29 is 14.7 Å². The van der Waals surface area contributed by atoms with E-state index in [0.29, 0.717) is 13.1 Å². The number of amides is 1. The molecular formula is C13H23N3O3. The van der Waals surface area contributed by atoms with Crippen LogP contribution in [0.25, 0.3) is 0 Å². The molecule has 19 heavy (non-hydrogen) atoms. The summed E-state index contributed by atoms with van der Waals surface area (Å²) in [5.74, 6) is -0.733. The molecule has 0 aromatic heterocycles. The molecule has 1 amide bonds. The lowest BCUT2D eigenvalue weighted by Crippen LogP contribution is -2.71. The van der Waals surface area contributed by atoms with E-state index < -0.39 is 11.5 Å². The van der Waals surface area contributed by atoms with Crippen molar-refractivity contribution >= 4 is 11.9 Å². The number of hydrogen-bond acceptors (Lipinski definition) is 4. The Kier molecular flexibility index (Phi) is 4.42. The van der Waals surface area contributed by atoms with E-state index in [4.69, 9.17) is 5.11 Å². The molecule has 0 aromatic carbocycles. The van der Waals surface area contributed by atoms with E-state index in [1.165, 1.54) is 6.42 Å². The summed E-state index contributed by atoms with van der Waals surface area (Å²) in [4.78, 5) is 25.1. The first kappa shape index (κ1) is 14.3. The number of carboxylic acids is 1. The predicted octanol–water partition coefficient (Wildman–Crippen LogP) is -0.206. The number of rotatable bonds is 5. The quantitative estimate of drug-likeness (QED) is 0.643. The van der Waals surface area contributed by atoms with E-state index in [9.17, 15) is 9.59 Å². The number of nitrogens with zero attached hydrogens (tertiary/aromatic N) is 1. The van der Waals surface area contributed by atoms with Gasteiger partial charge < -0.3 is 15.3 Å². The van der Waals surface area contributed by atoms with Crippen molar-refractivity contribution in [2.24, 2.45) is 0 Å². The minimum atomic E-state index is -0.827. The SMILES string of the molecule is CC(NC1(CC(=O)O)CNC1)C(=O)N1CCCCC1. The van der Waals surface area contributed by atoms with Crippen molar-refractivity contribution in [3.63, 3.8) is 0 Å². The van der Waals surface area contributed by atoms with Gasteiger partial charge in [-0.15, -0.1) is 0 Å². The molecular weight excluding hydrogens is 246 g/mol. The second kappa shape index (κ2) is 5.88. The summed E-state index contributed by atoms with van der Waals surface area (Å²) < 4.78 is 0. The number of nitrogens with one attached hydrogen (secondary N) is 2. The Hall–Kier alpha value is -1.14. The Morgan fingerprint density at radius 1 is 1.32 bits per heavy atom. The maximum Gasteiger partial charge on any atom is 0.305 e. The zero-order valence-corrected chi connectivity index (χ0v) is 11.4. The van der Waals surface area contributed by atoms with Crippen LogP contribution in [0.4, 0.5) is 0 Å². The molecule has 3 N–H and O–H groups in total. The van der Waals surface area contributed by atoms with Crippen molar-refractivity contribution in [2.75, 3.05) is 26.2 Å². The van der Waals surface area contributed by atoms with E-state index in [1.807, 2.05) is 11.8 Å². The Morgan fingerprint density at radius 2 is 1.95 bits per heavy atom. The van der Waals surface area contributed by atoms with E-state index in [-0.39, 0.29) is 18.4 Å². The molecule has 0 spiro atoms. The summed E-state index contributed by atoms with van der Waals surface area (Å²) in [5.41, 5.74) is -0.462. The maximum absolute atomic E-state index is 12.3. The smallest absolute Gasteiger partial charge is 0.305 e. The van der Waals surface area contributed by atoms with Gasteiger partial charge in [0.2, 0.25) is 5.91 Å². The highest BCUT2D eigenvalue weighted by molar-refractivity contribution is 5.82. The van der Waals surface area contributed by atoms with Crippen LogP contribution in [-0.4, -0.2) is 59.6 Å². The lowest BCUT2D eigenvalue weighted by Gasteiger charge is -2.44. The second-order valence-corrected chi connectivity index (χ2v) is 5.71. The first-order chi connectivity index (χ1) is 9.02. The number of carbonyl (C=O) groups is 2. The van der Waals surface area contributed by atoms with Crippen molar-refractivity contribution in [1.82, 2.24) is 15.5 Å². The number of carboxylic acid groups (broad SMARTS) is 1. The van der Waals surface area contributed by atoms with Gasteiger partial charge in [0.15, 0.2) is 0 Å². The number of aliphatic carboxylic acids is 1. The summed E-state index contributed by atoms with van der Waals surface area (Å²) in [6.45, 7) is 4.71. The van der Waals surface area contributed by atoms with Gasteiger partial charge in [0.25, 0.3) is 0 Å². The van der Waals surface area contributed by atoms with Gasteiger partial charge in [0, 0.05) is 26.2 Å². The molecule has 0 aliphatic carbocycles. The van der Waals surface area contributed by atoms with E-state index in [2.05, 4.69) is 10.6 Å². The number of likely N-dealkylation sites (tertiary alicyclic amines) is 1. The zero-order chi connectivity index (χ0) is 13.9. The Morgan fingerprint density at radius 3 is 2.42 bits per heavy atom. The van der Waals surface area contributed by atoms with Gasteiger partial charge >= 0.3 is 5.97 Å². The number of hydrogen-bond donors (Lipinski definition) is 3. The third-order valence-corrected chi connectivity index (χ3v) is 3.98. The van der Waals surface area contributed by atoms with Crippen LogP contribution in [0.2, 0.25) is 0 Å². The van der Waals surface area contributed by atoms with Crippen LogP contribution in [0.1, 0.15) is 32.6 Å². The number of carbonyl (C=O) groups excluding carboxylic acids is 1. The molecule has 2 heterocycles. The Labute approximate surface area is 113 Å². The summed E-state index contributed by atoms with van der Waals surface area (Å²) in [6.07, 6.45) is 3.39. The summed E-state index contributed by atoms with van der Waals surface area (Å²) >= 11 is 0. The predicted molar refractivity (Wildman–Crippen MR) is 70.9 cm³/mol. The normalized spacial score (nSPS) is 23.5. The topological polar surface area (TPSA) is 81.7 Å². The second-order valence-electron chi connectivity index (χ2n) is 5.71.